The van der Waals surface area contributed by atoms with Gasteiger partial charge in [-0.3, -0.25) is 14.3 Å². The van der Waals surface area contributed by atoms with Crippen LogP contribution in [0.15, 0.2) is 33.9 Å². The second-order valence-corrected chi connectivity index (χ2v) is 6.05. The molecule has 0 aliphatic heterocycles. The van der Waals surface area contributed by atoms with Gasteiger partial charge in [-0.2, -0.15) is 0 Å². The van der Waals surface area contributed by atoms with Crippen molar-refractivity contribution < 1.29 is 17.9 Å². The lowest BCUT2D eigenvalue weighted by Gasteiger charge is -2.22. The molecule has 1 aromatic heterocycles. The zero-order valence-electron chi connectivity index (χ0n) is 15.0. The largest absolute Gasteiger partial charge is 0.573 e. The van der Waals surface area contributed by atoms with Gasteiger partial charge < -0.3 is 15.4 Å². The molecule has 3 N–H and O–H groups in total. The maximum atomic E-state index is 12.2. The molecule has 0 aliphatic carbocycles. The molecule has 0 amide bonds. The fourth-order valence-electron chi connectivity index (χ4n) is 2.63. The Labute approximate surface area is 153 Å². The standard InChI is InChI=1S/C17H21F3N4O3/c1-3-4-9-24-14(21)13(15(25)22-16(24)26)23(2)10-11-5-7-12(8-6-11)27-17(18,19)20/h5-8H,3-4,9-10,21H2,1-2H3,(H,22,25,26). The smallest absolute Gasteiger partial charge is 0.406 e. The zero-order valence-corrected chi connectivity index (χ0v) is 15.0. The van der Waals surface area contributed by atoms with E-state index in [9.17, 15) is 22.8 Å². The minimum atomic E-state index is -4.76. The first kappa shape index (κ1) is 20.4. The first-order valence-electron chi connectivity index (χ1n) is 8.30. The molecule has 1 aromatic carbocycles. The summed E-state index contributed by atoms with van der Waals surface area (Å²) >= 11 is 0. The number of H-pyrrole nitrogens is 1. The minimum Gasteiger partial charge on any atom is -0.406 e. The molecule has 2 aromatic rings. The molecule has 27 heavy (non-hydrogen) atoms. The number of rotatable bonds is 7. The number of alkyl halides is 3. The highest BCUT2D eigenvalue weighted by Crippen LogP contribution is 2.24. The molecule has 7 nitrogen and oxygen atoms in total. The summed E-state index contributed by atoms with van der Waals surface area (Å²) in [5.74, 6) is -0.281. The number of aromatic nitrogens is 2. The number of ether oxygens (including phenoxy) is 1. The number of anilines is 2. The predicted octanol–water partition coefficient (Wildman–Crippen LogP) is 2.45. The molecule has 0 fully saturated rings. The number of hydrogen-bond acceptors (Lipinski definition) is 5. The highest BCUT2D eigenvalue weighted by Gasteiger charge is 2.31. The van der Waals surface area contributed by atoms with Gasteiger partial charge in [-0.25, -0.2) is 4.79 Å². The first-order chi connectivity index (χ1) is 12.6. The van der Waals surface area contributed by atoms with E-state index in [0.29, 0.717) is 12.1 Å². The molecule has 0 unspecified atom stereocenters. The Morgan fingerprint density at radius 1 is 1.22 bits per heavy atom. The molecule has 0 atom stereocenters. The lowest BCUT2D eigenvalue weighted by molar-refractivity contribution is -0.274. The zero-order chi connectivity index (χ0) is 20.2. The Hall–Kier alpha value is -2.91. The van der Waals surface area contributed by atoms with E-state index in [2.05, 4.69) is 9.72 Å². The Kier molecular flexibility index (Phi) is 6.19. The van der Waals surface area contributed by atoms with Gasteiger partial charge in [0.05, 0.1) is 0 Å². The predicted molar refractivity (Wildman–Crippen MR) is 95.9 cm³/mol. The molecule has 0 spiro atoms. The Balaban J connectivity index is 2.24. The molecule has 0 radical (unpaired) electrons. The van der Waals surface area contributed by atoms with E-state index in [-0.39, 0.29) is 23.8 Å². The summed E-state index contributed by atoms with van der Waals surface area (Å²) in [6, 6.07) is 5.28. The normalized spacial score (nSPS) is 11.4. The van der Waals surface area contributed by atoms with E-state index in [4.69, 9.17) is 5.73 Å². The van der Waals surface area contributed by atoms with Crippen molar-refractivity contribution >= 4 is 11.5 Å². The molecule has 2 rings (SSSR count). The van der Waals surface area contributed by atoms with Gasteiger partial charge in [-0.15, -0.1) is 13.2 Å². The van der Waals surface area contributed by atoms with Crippen LogP contribution < -0.4 is 26.6 Å². The average Bonchev–Trinajstić information content (AvgIpc) is 2.55. The van der Waals surface area contributed by atoms with Crippen LogP contribution in [0.5, 0.6) is 5.75 Å². The summed E-state index contributed by atoms with van der Waals surface area (Å²) in [4.78, 5) is 27.9. The van der Waals surface area contributed by atoms with Crippen molar-refractivity contribution in [3.05, 3.63) is 50.7 Å². The maximum Gasteiger partial charge on any atom is 0.573 e. The summed E-state index contributed by atoms with van der Waals surface area (Å²) in [5, 5.41) is 0. The van der Waals surface area contributed by atoms with Crippen molar-refractivity contribution in [2.45, 2.75) is 39.2 Å². The van der Waals surface area contributed by atoms with Crippen molar-refractivity contribution in [1.29, 1.82) is 0 Å². The second kappa shape index (κ2) is 8.19. The average molecular weight is 386 g/mol. The molecule has 0 aliphatic rings. The van der Waals surface area contributed by atoms with E-state index < -0.39 is 17.6 Å². The SMILES string of the molecule is CCCCn1c(N)c(N(C)Cc2ccc(OC(F)(F)F)cc2)c(=O)[nH]c1=O. The number of unbranched alkanes of at least 4 members (excludes halogenated alkanes) is 1. The number of nitrogen functional groups attached to an aromatic ring is 1. The lowest BCUT2D eigenvalue weighted by Crippen LogP contribution is -2.37. The highest BCUT2D eigenvalue weighted by atomic mass is 19.4. The van der Waals surface area contributed by atoms with Gasteiger partial charge in [-0.1, -0.05) is 25.5 Å². The van der Waals surface area contributed by atoms with Crippen molar-refractivity contribution in [2.24, 2.45) is 0 Å². The van der Waals surface area contributed by atoms with Gasteiger partial charge in [0.1, 0.15) is 17.3 Å². The monoisotopic (exact) mass is 386 g/mol. The molecular formula is C17H21F3N4O3. The number of nitrogens with two attached hydrogens (primary N) is 1. The van der Waals surface area contributed by atoms with Gasteiger partial charge in [0, 0.05) is 20.1 Å². The topological polar surface area (TPSA) is 93.3 Å². The number of nitrogens with zero attached hydrogens (tertiary/aromatic N) is 2. The quantitative estimate of drug-likeness (QED) is 0.763. The Bertz CT molecular complexity index is 888. The third kappa shape index (κ3) is 5.28. The molecule has 10 heteroatoms. The molecule has 148 valence electrons. The van der Waals surface area contributed by atoms with Crippen LogP contribution in [0.1, 0.15) is 25.3 Å². The number of aromatic amines is 1. The van der Waals surface area contributed by atoms with Crippen LogP contribution in [0, 0.1) is 0 Å². The lowest BCUT2D eigenvalue weighted by atomic mass is 10.2. The number of halogens is 3. The van der Waals surface area contributed by atoms with E-state index >= 15 is 0 Å². The van der Waals surface area contributed by atoms with Crippen LogP contribution >= 0.6 is 0 Å². The summed E-state index contributed by atoms with van der Waals surface area (Å²) in [6.45, 7) is 2.54. The molecular weight excluding hydrogens is 365 g/mol. The van der Waals surface area contributed by atoms with Gasteiger partial charge in [0.25, 0.3) is 5.56 Å². The van der Waals surface area contributed by atoms with Crippen LogP contribution in [0.25, 0.3) is 0 Å². The highest BCUT2D eigenvalue weighted by molar-refractivity contribution is 5.62. The number of hydrogen-bond donors (Lipinski definition) is 2. The van der Waals surface area contributed by atoms with E-state index in [0.717, 1.165) is 12.8 Å². The number of benzene rings is 1. The van der Waals surface area contributed by atoms with Crippen LogP contribution in [0.3, 0.4) is 0 Å². The van der Waals surface area contributed by atoms with Crippen molar-refractivity contribution in [1.82, 2.24) is 9.55 Å². The van der Waals surface area contributed by atoms with E-state index in [1.54, 1.807) is 7.05 Å². The number of nitrogens with one attached hydrogen (secondary N) is 1. The van der Waals surface area contributed by atoms with Crippen LogP contribution in [0.4, 0.5) is 24.7 Å². The van der Waals surface area contributed by atoms with Gasteiger partial charge >= 0.3 is 12.1 Å². The maximum absolute atomic E-state index is 12.2. The summed E-state index contributed by atoms with van der Waals surface area (Å²) < 4.78 is 41.8. The van der Waals surface area contributed by atoms with E-state index in [1.165, 1.54) is 33.7 Å². The second-order valence-electron chi connectivity index (χ2n) is 6.05. The van der Waals surface area contributed by atoms with Gasteiger partial charge in [0.2, 0.25) is 0 Å². The minimum absolute atomic E-state index is 0.0525. The molecule has 0 bridgehead atoms. The van der Waals surface area contributed by atoms with Crippen molar-refractivity contribution in [2.75, 3.05) is 17.7 Å². The first-order valence-corrected chi connectivity index (χ1v) is 8.30. The van der Waals surface area contributed by atoms with E-state index in [1.807, 2.05) is 6.92 Å². The summed E-state index contributed by atoms with van der Waals surface area (Å²) in [5.41, 5.74) is 5.60. The summed E-state index contributed by atoms with van der Waals surface area (Å²) in [6.07, 6.45) is -3.19. The fraction of sp³-hybridized carbons (Fsp3) is 0.412. The van der Waals surface area contributed by atoms with Crippen LogP contribution in [-0.4, -0.2) is 23.0 Å². The third-order valence-corrected chi connectivity index (χ3v) is 3.91. The van der Waals surface area contributed by atoms with Crippen LogP contribution in [0.2, 0.25) is 0 Å². The molecule has 1 heterocycles. The molecule has 0 saturated heterocycles. The van der Waals surface area contributed by atoms with Crippen molar-refractivity contribution in [3.8, 4) is 5.75 Å². The Morgan fingerprint density at radius 3 is 2.41 bits per heavy atom. The third-order valence-electron chi connectivity index (χ3n) is 3.91. The Morgan fingerprint density at radius 2 is 1.85 bits per heavy atom. The van der Waals surface area contributed by atoms with Gasteiger partial charge in [-0.05, 0) is 24.1 Å². The summed E-state index contributed by atoms with van der Waals surface area (Å²) in [7, 11) is 1.61. The van der Waals surface area contributed by atoms with Gasteiger partial charge in [0.15, 0.2) is 0 Å². The van der Waals surface area contributed by atoms with Crippen LogP contribution in [-0.2, 0) is 13.1 Å². The fourth-order valence-corrected chi connectivity index (χ4v) is 2.63. The molecule has 0 saturated carbocycles. The van der Waals surface area contributed by atoms with Crippen molar-refractivity contribution in [3.63, 3.8) is 0 Å².